The van der Waals surface area contributed by atoms with Crippen LogP contribution in [-0.2, 0) is 14.9 Å². The predicted octanol–water partition coefficient (Wildman–Crippen LogP) is 2.93. The van der Waals surface area contributed by atoms with Gasteiger partial charge in [0.1, 0.15) is 6.04 Å². The van der Waals surface area contributed by atoms with Crippen LogP contribution in [0.4, 0.5) is 5.69 Å². The fraction of sp³-hybridized carbons (Fsp3) is 0.682. The van der Waals surface area contributed by atoms with Gasteiger partial charge in [-0.3, -0.25) is 4.79 Å². The summed E-state index contributed by atoms with van der Waals surface area (Å²) in [5, 5.41) is 3.99. The molecule has 6 rings (SSSR count). The van der Waals surface area contributed by atoms with Crippen LogP contribution in [0.5, 0.6) is 0 Å². The number of rotatable bonds is 1. The van der Waals surface area contributed by atoms with E-state index >= 15 is 0 Å². The lowest BCUT2D eigenvalue weighted by Gasteiger charge is -2.54. The lowest BCUT2D eigenvalue weighted by atomic mass is 9.56. The monoisotopic (exact) mass is 353 g/mol. The van der Waals surface area contributed by atoms with Gasteiger partial charge >= 0.3 is 5.97 Å². The molecule has 3 aliphatic heterocycles. The number of anilines is 1. The van der Waals surface area contributed by atoms with Crippen molar-refractivity contribution in [3.63, 3.8) is 0 Å². The lowest BCUT2D eigenvalue weighted by Crippen LogP contribution is -2.67. The van der Waals surface area contributed by atoms with Crippen LogP contribution in [0, 0.1) is 17.3 Å². The van der Waals surface area contributed by atoms with Crippen molar-refractivity contribution < 1.29 is 14.0 Å². The Morgan fingerprint density at radius 3 is 2.88 bits per heavy atom. The standard InChI is InChI=1S/C22H29N2O2/c1-14-20-9-6-11-24(2)12-10-21(19(20)24)15-7-4-5-8-17(15)23-22(14,21)16(13-20)18(25)26-3/h4-5,7-8,14,16,19,23H,6,9-13H2,1-3H3/q+1/t14-,16-,19+,20-,21-,22-,24+/m0/s1. The molecule has 0 unspecified atom stereocenters. The Morgan fingerprint density at radius 1 is 1.27 bits per heavy atom. The van der Waals surface area contributed by atoms with E-state index in [1.54, 1.807) is 7.11 Å². The van der Waals surface area contributed by atoms with Gasteiger partial charge in [0, 0.05) is 17.5 Å². The van der Waals surface area contributed by atoms with Crippen molar-refractivity contribution in [1.29, 1.82) is 0 Å². The number of para-hydroxylation sites is 1. The first-order valence-electron chi connectivity index (χ1n) is 10.3. The second kappa shape index (κ2) is 4.30. The summed E-state index contributed by atoms with van der Waals surface area (Å²) >= 11 is 0. The second-order valence-corrected chi connectivity index (χ2v) is 9.93. The van der Waals surface area contributed by atoms with E-state index in [1.165, 1.54) is 48.1 Å². The van der Waals surface area contributed by atoms with Crippen molar-refractivity contribution in [2.75, 3.05) is 32.6 Å². The summed E-state index contributed by atoms with van der Waals surface area (Å²) < 4.78 is 6.56. The molecular weight excluding hydrogens is 324 g/mol. The van der Waals surface area contributed by atoms with E-state index < -0.39 is 0 Å². The third kappa shape index (κ3) is 1.24. The van der Waals surface area contributed by atoms with Crippen LogP contribution in [-0.4, -0.2) is 49.3 Å². The third-order valence-corrected chi connectivity index (χ3v) is 9.62. The fourth-order valence-corrected chi connectivity index (χ4v) is 9.19. The van der Waals surface area contributed by atoms with Crippen molar-refractivity contribution in [1.82, 2.24) is 0 Å². The molecule has 1 aromatic rings. The highest BCUT2D eigenvalue weighted by Crippen LogP contribution is 2.80. The van der Waals surface area contributed by atoms with E-state index in [9.17, 15) is 4.79 Å². The maximum atomic E-state index is 13.0. The number of fused-ring (bicyclic) bond motifs is 1. The zero-order chi connectivity index (χ0) is 17.9. The molecule has 26 heavy (non-hydrogen) atoms. The fourth-order valence-electron chi connectivity index (χ4n) is 9.19. The Morgan fingerprint density at radius 2 is 2.08 bits per heavy atom. The maximum absolute atomic E-state index is 13.0. The van der Waals surface area contributed by atoms with E-state index in [0.717, 1.165) is 6.42 Å². The van der Waals surface area contributed by atoms with Crippen molar-refractivity contribution >= 4 is 11.7 Å². The summed E-state index contributed by atoms with van der Waals surface area (Å²) in [6.07, 6.45) is 4.76. The average molecular weight is 353 g/mol. The number of nitrogens with one attached hydrogen (secondary N) is 1. The molecule has 1 aromatic carbocycles. The summed E-state index contributed by atoms with van der Waals surface area (Å²) in [6.45, 7) is 4.98. The normalized spacial score (nSPS) is 52.2. The summed E-state index contributed by atoms with van der Waals surface area (Å²) in [5.74, 6) is 0.462. The topological polar surface area (TPSA) is 38.3 Å². The maximum Gasteiger partial charge on any atom is 0.311 e. The highest BCUT2D eigenvalue weighted by atomic mass is 16.5. The number of carbonyl (C=O) groups is 1. The van der Waals surface area contributed by atoms with Crippen LogP contribution in [0.3, 0.4) is 0 Å². The minimum Gasteiger partial charge on any atom is -0.469 e. The number of piperidine rings is 1. The molecule has 3 spiro atoms. The number of methoxy groups -OCH3 is 1. The molecule has 2 saturated heterocycles. The number of likely N-dealkylation sites (N-methyl/N-ethyl adjacent to an activating group) is 1. The van der Waals surface area contributed by atoms with Crippen molar-refractivity contribution in [3.8, 4) is 0 Å². The molecule has 4 fully saturated rings. The molecule has 2 bridgehead atoms. The molecule has 2 saturated carbocycles. The predicted molar refractivity (Wildman–Crippen MR) is 99.8 cm³/mol. The SMILES string of the molecule is COC(=O)[C@@H]1C[C@@]23CCC[N@+]4(C)CC[C@]5(c6ccccc6N[C@@]15[C@H]2C)[C@@H]34. The molecule has 3 heterocycles. The first-order valence-corrected chi connectivity index (χ1v) is 10.3. The van der Waals surface area contributed by atoms with Crippen LogP contribution in [0.25, 0.3) is 0 Å². The number of ether oxygens (including phenoxy) is 1. The van der Waals surface area contributed by atoms with E-state index in [0.29, 0.717) is 12.0 Å². The van der Waals surface area contributed by atoms with Gasteiger partial charge in [0.15, 0.2) is 0 Å². The summed E-state index contributed by atoms with van der Waals surface area (Å²) in [6, 6.07) is 9.52. The Balaban J connectivity index is 1.69. The number of carbonyl (C=O) groups excluding carboxylic acids is 1. The number of benzene rings is 1. The van der Waals surface area contributed by atoms with E-state index in [2.05, 4.69) is 43.6 Å². The lowest BCUT2D eigenvalue weighted by molar-refractivity contribution is -0.936. The van der Waals surface area contributed by atoms with Gasteiger partial charge in [0.2, 0.25) is 0 Å². The molecule has 2 aliphatic carbocycles. The van der Waals surface area contributed by atoms with Gasteiger partial charge in [-0.25, -0.2) is 0 Å². The number of nitrogens with zero attached hydrogens (tertiary/aromatic N) is 1. The first-order chi connectivity index (χ1) is 12.5. The third-order valence-electron chi connectivity index (χ3n) is 9.62. The number of hydrogen-bond acceptors (Lipinski definition) is 3. The van der Waals surface area contributed by atoms with Gasteiger partial charge in [-0.15, -0.1) is 0 Å². The van der Waals surface area contributed by atoms with Gasteiger partial charge in [0.05, 0.1) is 44.1 Å². The van der Waals surface area contributed by atoms with Crippen LogP contribution in [0.2, 0.25) is 0 Å². The van der Waals surface area contributed by atoms with Gasteiger partial charge in [-0.2, -0.15) is 0 Å². The Hall–Kier alpha value is -1.55. The number of hydrogen-bond donors (Lipinski definition) is 1. The van der Waals surface area contributed by atoms with Crippen LogP contribution in [0.1, 0.15) is 38.2 Å². The molecule has 4 heteroatoms. The summed E-state index contributed by atoms with van der Waals surface area (Å²) in [4.78, 5) is 13.0. The molecule has 5 aliphatic rings. The van der Waals surface area contributed by atoms with Gasteiger partial charge < -0.3 is 14.5 Å². The molecule has 0 radical (unpaired) electrons. The summed E-state index contributed by atoms with van der Waals surface area (Å²) in [5.41, 5.74) is 2.92. The van der Waals surface area contributed by atoms with Gasteiger partial charge in [-0.05, 0) is 36.8 Å². The zero-order valence-electron chi connectivity index (χ0n) is 16.0. The average Bonchev–Trinajstić information content (AvgIpc) is 3.27. The second-order valence-electron chi connectivity index (χ2n) is 9.93. The molecule has 138 valence electrons. The number of esters is 1. The Bertz CT molecular complexity index is 839. The molecular formula is C22H29N2O2+. The smallest absolute Gasteiger partial charge is 0.311 e. The van der Waals surface area contributed by atoms with Crippen molar-refractivity contribution in [2.24, 2.45) is 17.3 Å². The van der Waals surface area contributed by atoms with Crippen LogP contribution < -0.4 is 5.32 Å². The van der Waals surface area contributed by atoms with Gasteiger partial charge in [0.25, 0.3) is 0 Å². The van der Waals surface area contributed by atoms with E-state index in [1.807, 2.05) is 0 Å². The van der Waals surface area contributed by atoms with Gasteiger partial charge in [-0.1, -0.05) is 25.1 Å². The van der Waals surface area contributed by atoms with Crippen molar-refractivity contribution in [3.05, 3.63) is 29.8 Å². The molecule has 7 atom stereocenters. The molecule has 1 N–H and O–H groups in total. The quantitative estimate of drug-likeness (QED) is 0.623. The van der Waals surface area contributed by atoms with Crippen LogP contribution >= 0.6 is 0 Å². The van der Waals surface area contributed by atoms with E-state index in [-0.39, 0.29) is 28.3 Å². The number of quaternary nitrogens is 1. The molecule has 0 amide bonds. The zero-order valence-corrected chi connectivity index (χ0v) is 16.0. The first kappa shape index (κ1) is 15.5. The Kier molecular flexibility index (Phi) is 2.56. The van der Waals surface area contributed by atoms with Crippen LogP contribution in [0.15, 0.2) is 24.3 Å². The minimum atomic E-state index is -0.172. The molecule has 0 aromatic heterocycles. The van der Waals surface area contributed by atoms with Crippen molar-refractivity contribution in [2.45, 2.75) is 49.6 Å². The largest absolute Gasteiger partial charge is 0.469 e. The molecule has 4 nitrogen and oxygen atoms in total. The minimum absolute atomic E-state index is 0.00136. The van der Waals surface area contributed by atoms with E-state index in [4.69, 9.17) is 4.74 Å². The highest BCUT2D eigenvalue weighted by Gasteiger charge is 2.89. The highest BCUT2D eigenvalue weighted by molar-refractivity contribution is 5.82. The summed E-state index contributed by atoms with van der Waals surface area (Å²) in [7, 11) is 4.06. The Labute approximate surface area is 155 Å².